The number of benzene rings is 2. The Kier molecular flexibility index (Phi) is 4.43. The maximum absolute atomic E-state index is 3.62. The molecule has 0 bridgehead atoms. The molecule has 1 atom stereocenters. The summed E-state index contributed by atoms with van der Waals surface area (Å²) in [5.41, 5.74) is 6.59. The van der Waals surface area contributed by atoms with Crippen LogP contribution in [-0.2, 0) is 0 Å². The van der Waals surface area contributed by atoms with Crippen LogP contribution in [-0.4, -0.2) is 7.05 Å². The lowest BCUT2D eigenvalue weighted by molar-refractivity contribution is 0.686. The van der Waals surface area contributed by atoms with Crippen LogP contribution in [0.25, 0.3) is 0 Å². The van der Waals surface area contributed by atoms with Crippen molar-refractivity contribution in [1.82, 2.24) is 5.32 Å². The van der Waals surface area contributed by atoms with Gasteiger partial charge in [-0.1, -0.05) is 46.3 Å². The van der Waals surface area contributed by atoms with E-state index in [2.05, 4.69) is 78.4 Å². The Balaban J connectivity index is 2.50. The van der Waals surface area contributed by atoms with Crippen molar-refractivity contribution in [2.45, 2.75) is 26.8 Å². The van der Waals surface area contributed by atoms with Gasteiger partial charge < -0.3 is 5.32 Å². The van der Waals surface area contributed by atoms with E-state index in [0.29, 0.717) is 0 Å². The first-order valence-electron chi connectivity index (χ1n) is 6.54. The zero-order chi connectivity index (χ0) is 14.0. The first kappa shape index (κ1) is 14.3. The van der Waals surface area contributed by atoms with Crippen molar-refractivity contribution in [3.05, 3.63) is 68.7 Å². The third-order valence-corrected chi connectivity index (χ3v) is 4.63. The van der Waals surface area contributed by atoms with E-state index >= 15 is 0 Å². The van der Waals surface area contributed by atoms with Gasteiger partial charge in [-0.3, -0.25) is 0 Å². The quantitative estimate of drug-likeness (QED) is 0.866. The summed E-state index contributed by atoms with van der Waals surface area (Å²) < 4.78 is 1.16. The van der Waals surface area contributed by atoms with Crippen LogP contribution in [0.15, 0.2) is 40.9 Å². The minimum absolute atomic E-state index is 0.233. The highest BCUT2D eigenvalue weighted by atomic mass is 79.9. The van der Waals surface area contributed by atoms with Gasteiger partial charge in [0.1, 0.15) is 0 Å². The normalized spacial score (nSPS) is 12.5. The van der Waals surface area contributed by atoms with Gasteiger partial charge in [0.15, 0.2) is 0 Å². The summed E-state index contributed by atoms with van der Waals surface area (Å²) in [7, 11) is 2.01. The average molecular weight is 318 g/mol. The minimum Gasteiger partial charge on any atom is -0.309 e. The van der Waals surface area contributed by atoms with E-state index in [-0.39, 0.29) is 6.04 Å². The van der Waals surface area contributed by atoms with E-state index in [9.17, 15) is 0 Å². The predicted octanol–water partition coefficient (Wildman–Crippen LogP) is 4.68. The second kappa shape index (κ2) is 5.89. The van der Waals surface area contributed by atoms with Crippen molar-refractivity contribution in [2.24, 2.45) is 0 Å². The van der Waals surface area contributed by atoms with Crippen molar-refractivity contribution in [3.8, 4) is 0 Å². The molecule has 0 saturated carbocycles. The third-order valence-electron chi connectivity index (χ3n) is 3.78. The maximum Gasteiger partial charge on any atom is 0.0577 e. The fourth-order valence-corrected chi connectivity index (χ4v) is 2.77. The van der Waals surface area contributed by atoms with Crippen LogP contribution in [0.3, 0.4) is 0 Å². The molecule has 0 saturated heterocycles. The summed E-state index contributed by atoms with van der Waals surface area (Å²) in [5.74, 6) is 0. The molecule has 1 unspecified atom stereocenters. The van der Waals surface area contributed by atoms with Gasteiger partial charge in [0.25, 0.3) is 0 Å². The molecule has 100 valence electrons. The van der Waals surface area contributed by atoms with Gasteiger partial charge in [0.2, 0.25) is 0 Å². The van der Waals surface area contributed by atoms with Gasteiger partial charge in [-0.25, -0.2) is 0 Å². The molecule has 2 heteroatoms. The molecule has 2 rings (SSSR count). The van der Waals surface area contributed by atoms with Gasteiger partial charge >= 0.3 is 0 Å². The SMILES string of the molecule is CNC(c1ccc(C)c(Br)c1)c1cccc(C)c1C. The molecule has 0 aromatic heterocycles. The second-order valence-electron chi connectivity index (χ2n) is 5.02. The third kappa shape index (κ3) is 2.90. The van der Waals surface area contributed by atoms with Crippen molar-refractivity contribution in [1.29, 1.82) is 0 Å². The molecule has 2 aromatic carbocycles. The average Bonchev–Trinajstić information content (AvgIpc) is 2.39. The van der Waals surface area contributed by atoms with Gasteiger partial charge in [-0.2, -0.15) is 0 Å². The molecule has 0 radical (unpaired) electrons. The van der Waals surface area contributed by atoms with E-state index in [0.717, 1.165) is 4.47 Å². The highest BCUT2D eigenvalue weighted by molar-refractivity contribution is 9.10. The molecular weight excluding hydrogens is 298 g/mol. The molecule has 0 heterocycles. The van der Waals surface area contributed by atoms with E-state index in [1.165, 1.54) is 27.8 Å². The van der Waals surface area contributed by atoms with Gasteiger partial charge in [0, 0.05) is 4.47 Å². The Bertz CT molecular complexity index is 590. The fraction of sp³-hybridized carbons (Fsp3) is 0.294. The first-order valence-corrected chi connectivity index (χ1v) is 7.33. The van der Waals surface area contributed by atoms with Crippen molar-refractivity contribution >= 4 is 15.9 Å². The van der Waals surface area contributed by atoms with Gasteiger partial charge in [-0.15, -0.1) is 0 Å². The van der Waals surface area contributed by atoms with E-state index in [1.807, 2.05) is 7.05 Å². The molecule has 0 aliphatic rings. The highest BCUT2D eigenvalue weighted by Gasteiger charge is 2.15. The summed E-state index contributed by atoms with van der Waals surface area (Å²) in [6, 6.07) is 13.3. The number of aryl methyl sites for hydroxylation is 2. The minimum atomic E-state index is 0.233. The lowest BCUT2D eigenvalue weighted by Gasteiger charge is -2.21. The zero-order valence-electron chi connectivity index (χ0n) is 11.9. The standard InChI is InChI=1S/C17H20BrN/c1-11-6-5-7-15(13(11)3)17(19-4)14-9-8-12(2)16(18)10-14/h5-10,17,19H,1-4H3. The van der Waals surface area contributed by atoms with Crippen molar-refractivity contribution in [3.63, 3.8) is 0 Å². The zero-order valence-corrected chi connectivity index (χ0v) is 13.5. The molecule has 2 aromatic rings. The first-order chi connectivity index (χ1) is 9.04. The summed E-state index contributed by atoms with van der Waals surface area (Å²) in [6.45, 7) is 6.47. The molecular formula is C17H20BrN. The van der Waals surface area contributed by atoms with E-state index in [1.54, 1.807) is 0 Å². The molecule has 0 aliphatic heterocycles. The molecule has 1 nitrogen and oxygen atoms in total. The Labute approximate surface area is 124 Å². The molecule has 1 N–H and O–H groups in total. The number of hydrogen-bond acceptors (Lipinski definition) is 1. The van der Waals surface area contributed by atoms with E-state index in [4.69, 9.17) is 0 Å². The van der Waals surface area contributed by atoms with Crippen LogP contribution in [0, 0.1) is 20.8 Å². The Morgan fingerprint density at radius 1 is 1.00 bits per heavy atom. The molecule has 0 aliphatic carbocycles. The number of rotatable bonds is 3. The number of halogens is 1. The summed E-state index contributed by atoms with van der Waals surface area (Å²) in [6.07, 6.45) is 0. The monoisotopic (exact) mass is 317 g/mol. The van der Waals surface area contributed by atoms with Gasteiger partial charge in [0.05, 0.1) is 6.04 Å². The van der Waals surface area contributed by atoms with Crippen LogP contribution < -0.4 is 5.32 Å². The molecule has 0 fully saturated rings. The smallest absolute Gasteiger partial charge is 0.0577 e. The maximum atomic E-state index is 3.62. The van der Waals surface area contributed by atoms with Crippen LogP contribution in [0.4, 0.5) is 0 Å². The van der Waals surface area contributed by atoms with Crippen LogP contribution in [0.5, 0.6) is 0 Å². The largest absolute Gasteiger partial charge is 0.309 e. The highest BCUT2D eigenvalue weighted by Crippen LogP contribution is 2.29. The lowest BCUT2D eigenvalue weighted by Crippen LogP contribution is -2.19. The Morgan fingerprint density at radius 3 is 2.37 bits per heavy atom. The number of nitrogens with one attached hydrogen (secondary N) is 1. The van der Waals surface area contributed by atoms with Crippen LogP contribution in [0.2, 0.25) is 0 Å². The van der Waals surface area contributed by atoms with E-state index < -0.39 is 0 Å². The fourth-order valence-electron chi connectivity index (χ4n) is 2.38. The summed E-state index contributed by atoms with van der Waals surface area (Å²) in [5, 5.41) is 3.43. The molecule has 0 spiro atoms. The van der Waals surface area contributed by atoms with Crippen LogP contribution in [0.1, 0.15) is 33.9 Å². The molecule has 19 heavy (non-hydrogen) atoms. The van der Waals surface area contributed by atoms with Crippen molar-refractivity contribution < 1.29 is 0 Å². The molecule has 0 amide bonds. The Morgan fingerprint density at radius 2 is 1.74 bits per heavy atom. The number of hydrogen-bond donors (Lipinski definition) is 1. The van der Waals surface area contributed by atoms with Gasteiger partial charge in [-0.05, 0) is 61.7 Å². The second-order valence-corrected chi connectivity index (χ2v) is 5.87. The Hall–Kier alpha value is -1.12. The van der Waals surface area contributed by atoms with Crippen LogP contribution >= 0.6 is 15.9 Å². The summed E-state index contributed by atoms with van der Waals surface area (Å²) in [4.78, 5) is 0. The topological polar surface area (TPSA) is 12.0 Å². The predicted molar refractivity (Wildman–Crippen MR) is 85.7 cm³/mol. The summed E-state index contributed by atoms with van der Waals surface area (Å²) >= 11 is 3.62. The lowest BCUT2D eigenvalue weighted by atomic mass is 9.92. The van der Waals surface area contributed by atoms with Crippen molar-refractivity contribution in [2.75, 3.05) is 7.05 Å².